The third kappa shape index (κ3) is 2.14. The van der Waals surface area contributed by atoms with Crippen LogP contribution >= 0.6 is 15.9 Å². The van der Waals surface area contributed by atoms with Crippen molar-refractivity contribution in [1.82, 2.24) is 5.16 Å². The van der Waals surface area contributed by atoms with Crippen LogP contribution in [0.5, 0.6) is 0 Å². The number of halogens is 1. The summed E-state index contributed by atoms with van der Waals surface area (Å²) < 4.78 is 11.7. The lowest BCUT2D eigenvalue weighted by Gasteiger charge is -2.02. The van der Waals surface area contributed by atoms with E-state index in [1.54, 1.807) is 0 Å². The summed E-state index contributed by atoms with van der Waals surface area (Å²) in [6, 6.07) is 9.80. The van der Waals surface area contributed by atoms with Crippen molar-refractivity contribution in [3.8, 4) is 22.4 Å². The van der Waals surface area contributed by atoms with Crippen LogP contribution in [0.4, 0.5) is 5.88 Å². The van der Waals surface area contributed by atoms with Gasteiger partial charge in [0.25, 0.3) is 0 Å². The molecule has 3 rings (SSSR count). The van der Waals surface area contributed by atoms with E-state index in [9.17, 15) is 0 Å². The zero-order valence-corrected chi connectivity index (χ0v) is 12.7. The molecule has 1 aromatic carbocycles. The van der Waals surface area contributed by atoms with Crippen molar-refractivity contribution in [3.05, 3.63) is 46.3 Å². The highest BCUT2D eigenvalue weighted by molar-refractivity contribution is 9.10. The van der Waals surface area contributed by atoms with Crippen LogP contribution in [-0.2, 0) is 0 Å². The summed E-state index contributed by atoms with van der Waals surface area (Å²) in [6.45, 7) is 3.80. The standard InChI is InChI=1S/C15H13BrN2O2/c1-8-6-12(9(2)19-8)14-13(15(17)20-18-14)10-4-3-5-11(16)7-10/h3-7H,17H2,1-2H3. The van der Waals surface area contributed by atoms with Gasteiger partial charge in [0.2, 0.25) is 5.88 Å². The van der Waals surface area contributed by atoms with Gasteiger partial charge in [0.1, 0.15) is 17.2 Å². The van der Waals surface area contributed by atoms with Gasteiger partial charge in [0, 0.05) is 10.0 Å². The second-order valence-corrected chi connectivity index (χ2v) is 5.52. The van der Waals surface area contributed by atoms with Crippen molar-refractivity contribution < 1.29 is 8.94 Å². The summed E-state index contributed by atoms with van der Waals surface area (Å²) >= 11 is 3.46. The molecule has 0 saturated carbocycles. The Morgan fingerprint density at radius 2 is 2.00 bits per heavy atom. The highest BCUT2D eigenvalue weighted by Gasteiger charge is 2.20. The molecule has 0 aliphatic rings. The van der Waals surface area contributed by atoms with Gasteiger partial charge in [0.15, 0.2) is 0 Å². The first-order chi connectivity index (χ1) is 9.56. The molecule has 0 amide bonds. The number of benzene rings is 1. The molecule has 0 radical (unpaired) electrons. The fraction of sp³-hybridized carbons (Fsp3) is 0.133. The Labute approximate surface area is 124 Å². The van der Waals surface area contributed by atoms with E-state index in [1.807, 2.05) is 44.2 Å². The van der Waals surface area contributed by atoms with Gasteiger partial charge in [-0.15, -0.1) is 0 Å². The van der Waals surface area contributed by atoms with Crippen molar-refractivity contribution in [1.29, 1.82) is 0 Å². The van der Waals surface area contributed by atoms with E-state index in [1.165, 1.54) is 0 Å². The normalized spacial score (nSPS) is 10.9. The number of aromatic nitrogens is 1. The van der Waals surface area contributed by atoms with Crippen LogP contribution in [0.15, 0.2) is 43.7 Å². The first kappa shape index (κ1) is 13.0. The lowest BCUT2D eigenvalue weighted by atomic mass is 10.0. The zero-order chi connectivity index (χ0) is 14.3. The van der Waals surface area contributed by atoms with Gasteiger partial charge < -0.3 is 14.7 Å². The summed E-state index contributed by atoms with van der Waals surface area (Å²) in [7, 11) is 0. The number of furan rings is 1. The molecule has 0 aliphatic heterocycles. The van der Waals surface area contributed by atoms with Crippen molar-refractivity contribution in [2.75, 3.05) is 5.73 Å². The van der Waals surface area contributed by atoms with Gasteiger partial charge in [-0.05, 0) is 37.6 Å². The van der Waals surface area contributed by atoms with E-state index in [2.05, 4.69) is 21.1 Å². The van der Waals surface area contributed by atoms with Crippen LogP contribution in [0.1, 0.15) is 11.5 Å². The quantitative estimate of drug-likeness (QED) is 0.746. The topological polar surface area (TPSA) is 65.2 Å². The average Bonchev–Trinajstić information content (AvgIpc) is 2.92. The minimum Gasteiger partial charge on any atom is -0.466 e. The van der Waals surface area contributed by atoms with E-state index in [4.69, 9.17) is 14.7 Å². The Balaban J connectivity index is 2.22. The molecule has 0 bridgehead atoms. The molecule has 0 aliphatic carbocycles. The molecule has 3 aromatic rings. The van der Waals surface area contributed by atoms with Crippen LogP contribution in [0.3, 0.4) is 0 Å². The maximum atomic E-state index is 5.94. The Hall–Kier alpha value is -2.01. The largest absolute Gasteiger partial charge is 0.466 e. The lowest BCUT2D eigenvalue weighted by Crippen LogP contribution is -1.88. The summed E-state index contributed by atoms with van der Waals surface area (Å²) in [5, 5.41) is 4.09. The molecule has 0 atom stereocenters. The molecular weight excluding hydrogens is 320 g/mol. The van der Waals surface area contributed by atoms with Crippen molar-refractivity contribution in [2.24, 2.45) is 0 Å². The molecule has 5 heteroatoms. The van der Waals surface area contributed by atoms with Gasteiger partial charge in [-0.1, -0.05) is 33.2 Å². The molecule has 2 N–H and O–H groups in total. The van der Waals surface area contributed by atoms with Crippen LogP contribution in [0, 0.1) is 13.8 Å². The Bertz CT molecular complexity index is 774. The van der Waals surface area contributed by atoms with Crippen molar-refractivity contribution in [3.63, 3.8) is 0 Å². The molecule has 20 heavy (non-hydrogen) atoms. The summed E-state index contributed by atoms with van der Waals surface area (Å²) in [5.41, 5.74) is 9.28. The molecule has 0 fully saturated rings. The maximum Gasteiger partial charge on any atom is 0.230 e. The average molecular weight is 333 g/mol. The Morgan fingerprint density at radius 1 is 1.20 bits per heavy atom. The smallest absolute Gasteiger partial charge is 0.230 e. The van der Waals surface area contributed by atoms with Crippen LogP contribution in [-0.4, -0.2) is 5.16 Å². The maximum absolute atomic E-state index is 5.94. The first-order valence-electron chi connectivity index (χ1n) is 6.14. The number of hydrogen-bond acceptors (Lipinski definition) is 4. The highest BCUT2D eigenvalue weighted by Crippen LogP contribution is 2.39. The monoisotopic (exact) mass is 332 g/mol. The molecule has 0 unspecified atom stereocenters. The summed E-state index contributed by atoms with van der Waals surface area (Å²) in [4.78, 5) is 0. The lowest BCUT2D eigenvalue weighted by molar-refractivity contribution is 0.439. The number of nitrogens with zero attached hydrogens (tertiary/aromatic N) is 1. The minimum atomic E-state index is 0.302. The predicted molar refractivity (Wildman–Crippen MR) is 81.2 cm³/mol. The summed E-state index contributed by atoms with van der Waals surface area (Å²) in [5.74, 6) is 1.93. The fourth-order valence-electron chi connectivity index (χ4n) is 2.28. The van der Waals surface area contributed by atoms with E-state index in [0.717, 1.165) is 32.7 Å². The van der Waals surface area contributed by atoms with E-state index >= 15 is 0 Å². The van der Waals surface area contributed by atoms with E-state index in [-0.39, 0.29) is 0 Å². The highest BCUT2D eigenvalue weighted by atomic mass is 79.9. The number of anilines is 1. The van der Waals surface area contributed by atoms with Gasteiger partial charge >= 0.3 is 0 Å². The number of hydrogen-bond donors (Lipinski definition) is 1. The molecule has 2 heterocycles. The second-order valence-electron chi connectivity index (χ2n) is 4.61. The van der Waals surface area contributed by atoms with E-state index in [0.29, 0.717) is 11.6 Å². The zero-order valence-electron chi connectivity index (χ0n) is 11.1. The molecule has 0 spiro atoms. The molecule has 0 saturated heterocycles. The van der Waals surface area contributed by atoms with E-state index < -0.39 is 0 Å². The third-order valence-electron chi connectivity index (χ3n) is 3.13. The van der Waals surface area contributed by atoms with Crippen LogP contribution in [0.25, 0.3) is 22.4 Å². The number of aryl methyl sites for hydroxylation is 2. The first-order valence-corrected chi connectivity index (χ1v) is 6.94. The van der Waals surface area contributed by atoms with Crippen LogP contribution < -0.4 is 5.73 Å². The Morgan fingerprint density at radius 3 is 2.65 bits per heavy atom. The van der Waals surface area contributed by atoms with Crippen LogP contribution in [0.2, 0.25) is 0 Å². The van der Waals surface area contributed by atoms with Gasteiger partial charge in [0.05, 0.1) is 5.56 Å². The summed E-state index contributed by atoms with van der Waals surface area (Å²) in [6.07, 6.45) is 0. The number of nitrogen functional groups attached to an aromatic ring is 1. The second kappa shape index (κ2) is 4.83. The Kier molecular flexibility index (Phi) is 3.14. The SMILES string of the molecule is Cc1cc(-c2noc(N)c2-c2cccc(Br)c2)c(C)o1. The minimum absolute atomic E-state index is 0.302. The van der Waals surface area contributed by atoms with Crippen molar-refractivity contribution >= 4 is 21.8 Å². The molecule has 2 aromatic heterocycles. The molecular formula is C15H13BrN2O2. The predicted octanol–water partition coefficient (Wildman–Crippen LogP) is 4.56. The fourth-order valence-corrected chi connectivity index (χ4v) is 2.67. The number of nitrogens with two attached hydrogens (primary N) is 1. The molecule has 102 valence electrons. The van der Waals surface area contributed by atoms with Gasteiger partial charge in [-0.25, -0.2) is 0 Å². The van der Waals surface area contributed by atoms with Gasteiger partial charge in [-0.2, -0.15) is 0 Å². The van der Waals surface area contributed by atoms with Crippen molar-refractivity contribution in [2.45, 2.75) is 13.8 Å². The molecule has 4 nitrogen and oxygen atoms in total. The van der Waals surface area contributed by atoms with Gasteiger partial charge in [-0.3, -0.25) is 0 Å². The number of rotatable bonds is 2. The third-order valence-corrected chi connectivity index (χ3v) is 3.62.